The zero-order valence-electron chi connectivity index (χ0n) is 13.7. The molecule has 0 saturated carbocycles. The molecule has 0 aliphatic rings. The summed E-state index contributed by atoms with van der Waals surface area (Å²) in [6, 6.07) is 14.4. The van der Waals surface area contributed by atoms with Crippen molar-refractivity contribution in [2.24, 2.45) is 0 Å². The summed E-state index contributed by atoms with van der Waals surface area (Å²) in [6.45, 7) is 2.26. The number of hydrogen-bond acceptors (Lipinski definition) is 3. The molecule has 0 aliphatic heterocycles. The molecule has 2 aromatic heterocycles. The fourth-order valence-electron chi connectivity index (χ4n) is 2.77. The monoisotopic (exact) mass is 333 g/mol. The summed E-state index contributed by atoms with van der Waals surface area (Å²) in [5, 5.41) is 0. The molecule has 5 heteroatoms. The largest absolute Gasteiger partial charge is 0.487 e. The number of aryl methyl sites for hydroxylation is 1. The van der Waals surface area contributed by atoms with Crippen molar-refractivity contribution in [1.29, 1.82) is 0 Å². The molecule has 124 valence electrons. The molecule has 2 heterocycles. The number of imidazole rings is 1. The molecule has 0 unspecified atom stereocenters. The highest BCUT2D eigenvalue weighted by Crippen LogP contribution is 2.23. The van der Waals surface area contributed by atoms with E-state index in [0.717, 1.165) is 28.1 Å². The van der Waals surface area contributed by atoms with Gasteiger partial charge in [0.1, 0.15) is 18.2 Å². The number of nitrogens with zero attached hydrogens (tertiary/aromatic N) is 3. The smallest absolute Gasteiger partial charge is 0.234 e. The molecule has 25 heavy (non-hydrogen) atoms. The highest BCUT2D eigenvalue weighted by Gasteiger charge is 2.08. The van der Waals surface area contributed by atoms with Crippen LogP contribution in [-0.4, -0.2) is 14.4 Å². The van der Waals surface area contributed by atoms with Gasteiger partial charge < -0.3 is 4.74 Å². The van der Waals surface area contributed by atoms with Crippen LogP contribution in [0.2, 0.25) is 0 Å². The SMILES string of the molecule is Cc1cc(F)ccc1-c1cnc2nc(COc3ccccc3)cn2c1. The Morgan fingerprint density at radius 1 is 1.08 bits per heavy atom. The Morgan fingerprint density at radius 2 is 1.92 bits per heavy atom. The number of aromatic nitrogens is 3. The van der Waals surface area contributed by atoms with Crippen LogP contribution >= 0.6 is 0 Å². The second kappa shape index (κ2) is 6.36. The van der Waals surface area contributed by atoms with Gasteiger partial charge in [-0.15, -0.1) is 0 Å². The summed E-state index contributed by atoms with van der Waals surface area (Å²) in [4.78, 5) is 8.87. The molecule has 0 amide bonds. The Morgan fingerprint density at radius 3 is 2.72 bits per heavy atom. The van der Waals surface area contributed by atoms with Gasteiger partial charge in [0.15, 0.2) is 0 Å². The average molecular weight is 333 g/mol. The van der Waals surface area contributed by atoms with Gasteiger partial charge in [-0.2, -0.15) is 0 Å². The van der Waals surface area contributed by atoms with E-state index in [1.54, 1.807) is 12.3 Å². The van der Waals surface area contributed by atoms with E-state index in [2.05, 4.69) is 9.97 Å². The van der Waals surface area contributed by atoms with Gasteiger partial charge in [-0.1, -0.05) is 24.3 Å². The standard InChI is InChI=1S/C20H16FN3O/c1-14-9-16(21)7-8-19(14)15-10-22-20-23-17(12-24(20)11-15)13-25-18-5-3-2-4-6-18/h2-12H,13H2,1H3. The van der Waals surface area contributed by atoms with Crippen LogP contribution in [0.15, 0.2) is 67.1 Å². The van der Waals surface area contributed by atoms with Gasteiger partial charge in [0.2, 0.25) is 5.78 Å². The fourth-order valence-corrected chi connectivity index (χ4v) is 2.77. The summed E-state index contributed by atoms with van der Waals surface area (Å²) < 4.78 is 20.9. The number of para-hydroxylation sites is 1. The van der Waals surface area contributed by atoms with Crippen LogP contribution in [0.5, 0.6) is 5.75 Å². The van der Waals surface area contributed by atoms with Crippen LogP contribution in [-0.2, 0) is 6.61 Å². The van der Waals surface area contributed by atoms with Crippen molar-refractivity contribution in [3.8, 4) is 16.9 Å². The molecular weight excluding hydrogens is 317 g/mol. The van der Waals surface area contributed by atoms with E-state index in [0.29, 0.717) is 12.4 Å². The molecule has 4 nitrogen and oxygen atoms in total. The molecule has 0 spiro atoms. The minimum absolute atomic E-state index is 0.238. The predicted octanol–water partition coefficient (Wildman–Crippen LogP) is 4.42. The Kier molecular flexibility index (Phi) is 3.90. The van der Waals surface area contributed by atoms with Crippen molar-refractivity contribution in [2.75, 3.05) is 0 Å². The van der Waals surface area contributed by atoms with Crippen LogP contribution in [0.4, 0.5) is 4.39 Å². The maximum absolute atomic E-state index is 13.3. The fraction of sp³-hybridized carbons (Fsp3) is 0.100. The number of hydrogen-bond donors (Lipinski definition) is 0. The van der Waals surface area contributed by atoms with E-state index in [-0.39, 0.29) is 5.82 Å². The molecule has 0 aliphatic carbocycles. The van der Waals surface area contributed by atoms with Gasteiger partial charge in [-0.05, 0) is 42.3 Å². The quantitative estimate of drug-likeness (QED) is 0.555. The van der Waals surface area contributed by atoms with E-state index < -0.39 is 0 Å². The first kappa shape index (κ1) is 15.3. The Hall–Kier alpha value is -3.21. The van der Waals surface area contributed by atoms with E-state index in [1.807, 2.05) is 54.0 Å². The zero-order valence-corrected chi connectivity index (χ0v) is 13.7. The summed E-state index contributed by atoms with van der Waals surface area (Å²) >= 11 is 0. The molecule has 4 aromatic rings. The summed E-state index contributed by atoms with van der Waals surface area (Å²) in [6.07, 6.45) is 5.60. The van der Waals surface area contributed by atoms with Crippen molar-refractivity contribution in [2.45, 2.75) is 13.5 Å². The lowest BCUT2D eigenvalue weighted by atomic mass is 10.0. The number of rotatable bonds is 4. The number of halogens is 1. The summed E-state index contributed by atoms with van der Waals surface area (Å²) in [5.74, 6) is 1.17. The first-order valence-corrected chi connectivity index (χ1v) is 7.97. The minimum Gasteiger partial charge on any atom is -0.487 e. The van der Waals surface area contributed by atoms with Crippen molar-refractivity contribution >= 4 is 5.78 Å². The number of benzene rings is 2. The van der Waals surface area contributed by atoms with Crippen LogP contribution in [0, 0.1) is 12.7 Å². The van der Waals surface area contributed by atoms with Crippen LogP contribution in [0.3, 0.4) is 0 Å². The van der Waals surface area contributed by atoms with Gasteiger partial charge in [0, 0.05) is 24.2 Å². The maximum Gasteiger partial charge on any atom is 0.234 e. The molecule has 0 atom stereocenters. The van der Waals surface area contributed by atoms with Gasteiger partial charge >= 0.3 is 0 Å². The lowest BCUT2D eigenvalue weighted by Crippen LogP contribution is -1.94. The Bertz CT molecular complexity index is 1030. The van der Waals surface area contributed by atoms with E-state index >= 15 is 0 Å². The Balaban J connectivity index is 1.61. The number of fused-ring (bicyclic) bond motifs is 1. The second-order valence-corrected chi connectivity index (χ2v) is 5.84. The molecule has 2 aromatic carbocycles. The third-order valence-electron chi connectivity index (χ3n) is 3.99. The van der Waals surface area contributed by atoms with Gasteiger partial charge in [0.05, 0.1) is 5.69 Å². The van der Waals surface area contributed by atoms with Crippen LogP contribution in [0.25, 0.3) is 16.9 Å². The van der Waals surface area contributed by atoms with Gasteiger partial charge in [-0.3, -0.25) is 4.40 Å². The second-order valence-electron chi connectivity index (χ2n) is 5.84. The van der Waals surface area contributed by atoms with Crippen molar-refractivity contribution in [1.82, 2.24) is 14.4 Å². The molecule has 0 saturated heterocycles. The Labute approximate surface area is 144 Å². The third-order valence-corrected chi connectivity index (χ3v) is 3.99. The normalized spacial score (nSPS) is 11.0. The topological polar surface area (TPSA) is 39.4 Å². The first-order chi connectivity index (χ1) is 12.2. The minimum atomic E-state index is -0.238. The lowest BCUT2D eigenvalue weighted by Gasteiger charge is -2.06. The average Bonchev–Trinajstić information content (AvgIpc) is 3.03. The maximum atomic E-state index is 13.3. The molecular formula is C20H16FN3O. The molecule has 0 fully saturated rings. The summed E-state index contributed by atoms with van der Waals surface area (Å²) in [5.41, 5.74) is 3.53. The molecule has 0 bridgehead atoms. The van der Waals surface area contributed by atoms with E-state index in [1.165, 1.54) is 12.1 Å². The van der Waals surface area contributed by atoms with Crippen molar-refractivity contribution < 1.29 is 9.13 Å². The van der Waals surface area contributed by atoms with Crippen molar-refractivity contribution in [3.63, 3.8) is 0 Å². The highest BCUT2D eigenvalue weighted by molar-refractivity contribution is 5.66. The third kappa shape index (κ3) is 3.21. The lowest BCUT2D eigenvalue weighted by molar-refractivity contribution is 0.302. The zero-order chi connectivity index (χ0) is 17.2. The molecule has 4 rings (SSSR count). The van der Waals surface area contributed by atoms with E-state index in [4.69, 9.17) is 4.74 Å². The number of ether oxygens (including phenoxy) is 1. The van der Waals surface area contributed by atoms with Crippen LogP contribution < -0.4 is 4.74 Å². The summed E-state index contributed by atoms with van der Waals surface area (Å²) in [7, 11) is 0. The van der Waals surface area contributed by atoms with Crippen molar-refractivity contribution in [3.05, 3.63) is 84.2 Å². The molecule has 0 radical (unpaired) electrons. The van der Waals surface area contributed by atoms with Gasteiger partial charge in [0.25, 0.3) is 0 Å². The van der Waals surface area contributed by atoms with Gasteiger partial charge in [-0.25, -0.2) is 14.4 Å². The molecule has 0 N–H and O–H groups in total. The predicted molar refractivity (Wildman–Crippen MR) is 93.9 cm³/mol. The van der Waals surface area contributed by atoms with E-state index in [9.17, 15) is 4.39 Å². The van der Waals surface area contributed by atoms with Crippen LogP contribution in [0.1, 0.15) is 11.3 Å². The highest BCUT2D eigenvalue weighted by atomic mass is 19.1. The first-order valence-electron chi connectivity index (χ1n) is 7.97.